The van der Waals surface area contributed by atoms with E-state index >= 15 is 0 Å². The summed E-state index contributed by atoms with van der Waals surface area (Å²) in [6, 6.07) is 5.55. The van der Waals surface area contributed by atoms with Crippen LogP contribution in [-0.2, 0) is 21.2 Å². The van der Waals surface area contributed by atoms with E-state index in [1.807, 2.05) is 24.0 Å². The van der Waals surface area contributed by atoms with Gasteiger partial charge in [-0.2, -0.15) is 0 Å². The highest BCUT2D eigenvalue weighted by Crippen LogP contribution is 2.42. The number of nitrogens with one attached hydrogen (secondary N) is 1. The van der Waals surface area contributed by atoms with E-state index < -0.39 is 10.0 Å². The Kier molecular flexibility index (Phi) is 6.53. The minimum Gasteiger partial charge on any atom is -0.382 e. The zero-order chi connectivity index (χ0) is 26.5. The summed E-state index contributed by atoms with van der Waals surface area (Å²) in [6.45, 7) is 4.94. The fraction of sp³-hybridized carbons (Fsp3) is 0.560. The zero-order valence-electron chi connectivity index (χ0n) is 21.6. The zero-order valence-corrected chi connectivity index (χ0v) is 22.5. The number of benzene rings is 1. The summed E-state index contributed by atoms with van der Waals surface area (Å²) < 4.78 is 31.5. The topological polar surface area (TPSA) is 155 Å². The van der Waals surface area contributed by atoms with Crippen molar-refractivity contribution in [3.63, 3.8) is 0 Å². The lowest BCUT2D eigenvalue weighted by Crippen LogP contribution is -2.50. The summed E-state index contributed by atoms with van der Waals surface area (Å²) in [5.74, 6) is 1.05. The van der Waals surface area contributed by atoms with Crippen LogP contribution < -0.4 is 25.6 Å². The van der Waals surface area contributed by atoms with E-state index in [2.05, 4.69) is 14.9 Å². The van der Waals surface area contributed by atoms with Gasteiger partial charge in [0, 0.05) is 49.4 Å². The number of hydrogen-bond acceptors (Lipinski definition) is 9. The Labute approximate surface area is 218 Å². The fourth-order valence-electron chi connectivity index (χ4n) is 5.82. The normalized spacial score (nSPS) is 23.2. The van der Waals surface area contributed by atoms with Gasteiger partial charge >= 0.3 is 0 Å². The highest BCUT2D eigenvalue weighted by Gasteiger charge is 2.47. The van der Waals surface area contributed by atoms with E-state index in [1.54, 1.807) is 19.3 Å². The first-order chi connectivity index (χ1) is 17.5. The Balaban J connectivity index is 1.35. The summed E-state index contributed by atoms with van der Waals surface area (Å²) in [5.41, 5.74) is 15.4. The van der Waals surface area contributed by atoms with Gasteiger partial charge in [0.1, 0.15) is 11.5 Å². The number of aromatic nitrogens is 2. The van der Waals surface area contributed by atoms with Gasteiger partial charge in [0.2, 0.25) is 10.0 Å². The summed E-state index contributed by atoms with van der Waals surface area (Å²) in [5, 5.41) is 8.93. The molecule has 12 heteroatoms. The predicted molar refractivity (Wildman–Crippen MR) is 146 cm³/mol. The largest absolute Gasteiger partial charge is 0.382 e. The number of amidine groups is 1. The first-order valence-electron chi connectivity index (χ1n) is 12.7. The van der Waals surface area contributed by atoms with Crippen molar-refractivity contribution >= 4 is 38.9 Å². The molecule has 0 radical (unpaired) electrons. The lowest BCUT2D eigenvalue weighted by molar-refractivity contribution is 0.0974. The molecule has 1 spiro atoms. The number of rotatable bonds is 4. The standard InChI is InChI=1S/C25H36N8O3S/c1-16-22(26)25(15-36-16)9-12-32(13-10-25)20-14-29-21(23(27)30-20)24(28)33-11-5-6-17-18(7-4-8-19(17)33)31(2)37(3,34)35/h4,7-8,14,16,22,28H,5-6,9-13,15,26H2,1-3H3,(H2,27,30). The number of anilines is 4. The van der Waals surface area contributed by atoms with Crippen molar-refractivity contribution in [2.45, 2.75) is 44.8 Å². The highest BCUT2D eigenvalue weighted by atomic mass is 32.2. The maximum atomic E-state index is 12.2. The van der Waals surface area contributed by atoms with Crippen molar-refractivity contribution in [3.05, 3.63) is 35.7 Å². The van der Waals surface area contributed by atoms with E-state index in [1.165, 1.54) is 10.6 Å². The molecule has 2 unspecified atom stereocenters. The molecule has 200 valence electrons. The molecule has 3 aliphatic rings. The molecule has 11 nitrogen and oxygen atoms in total. The van der Waals surface area contributed by atoms with Gasteiger partial charge in [0.05, 0.1) is 30.9 Å². The van der Waals surface area contributed by atoms with Gasteiger partial charge in [0.25, 0.3) is 0 Å². The second kappa shape index (κ2) is 9.41. The van der Waals surface area contributed by atoms with Crippen molar-refractivity contribution in [1.29, 1.82) is 5.41 Å². The fourth-order valence-corrected chi connectivity index (χ4v) is 6.35. The van der Waals surface area contributed by atoms with E-state index in [0.717, 1.165) is 50.0 Å². The number of nitrogens with two attached hydrogens (primary N) is 2. The molecular formula is C25H36N8O3S. The van der Waals surface area contributed by atoms with Crippen molar-refractivity contribution in [3.8, 4) is 0 Å². The molecule has 3 aliphatic heterocycles. The van der Waals surface area contributed by atoms with E-state index in [-0.39, 0.29) is 29.2 Å². The summed E-state index contributed by atoms with van der Waals surface area (Å²) in [7, 11) is -1.87. The van der Waals surface area contributed by atoms with E-state index in [9.17, 15) is 8.42 Å². The summed E-state index contributed by atoms with van der Waals surface area (Å²) >= 11 is 0. The first kappa shape index (κ1) is 25.7. The second-order valence-electron chi connectivity index (χ2n) is 10.5. The third kappa shape index (κ3) is 4.51. The van der Waals surface area contributed by atoms with Crippen LogP contribution in [-0.4, -0.2) is 75.9 Å². The number of fused-ring (bicyclic) bond motifs is 1. The van der Waals surface area contributed by atoms with Crippen LogP contribution in [0.3, 0.4) is 0 Å². The Bertz CT molecular complexity index is 1310. The van der Waals surface area contributed by atoms with E-state index in [0.29, 0.717) is 30.4 Å². The van der Waals surface area contributed by atoms with Crippen LogP contribution in [0.2, 0.25) is 0 Å². The first-order valence-corrected chi connectivity index (χ1v) is 14.5. The Hall–Kier alpha value is -2.96. The van der Waals surface area contributed by atoms with Crippen molar-refractivity contribution < 1.29 is 13.2 Å². The molecule has 0 saturated carbocycles. The van der Waals surface area contributed by atoms with Crippen LogP contribution in [0.25, 0.3) is 0 Å². The number of ether oxygens (including phenoxy) is 1. The van der Waals surface area contributed by atoms with Crippen molar-refractivity contribution in [1.82, 2.24) is 9.97 Å². The molecule has 0 bridgehead atoms. The maximum Gasteiger partial charge on any atom is 0.232 e. The number of nitrogen functional groups attached to an aromatic ring is 1. The molecule has 0 amide bonds. The molecular weight excluding hydrogens is 492 g/mol. The monoisotopic (exact) mass is 528 g/mol. The van der Waals surface area contributed by atoms with Crippen LogP contribution >= 0.6 is 0 Å². The summed E-state index contributed by atoms with van der Waals surface area (Å²) in [4.78, 5) is 13.2. The molecule has 37 heavy (non-hydrogen) atoms. The van der Waals surface area contributed by atoms with Crippen LogP contribution in [0, 0.1) is 10.8 Å². The van der Waals surface area contributed by atoms with Crippen LogP contribution in [0.1, 0.15) is 37.4 Å². The lowest BCUT2D eigenvalue weighted by atomic mass is 9.73. The van der Waals surface area contributed by atoms with Crippen LogP contribution in [0.5, 0.6) is 0 Å². The molecule has 2 saturated heterocycles. The Morgan fingerprint density at radius 2 is 2.00 bits per heavy atom. The Morgan fingerprint density at radius 3 is 2.62 bits per heavy atom. The van der Waals surface area contributed by atoms with Gasteiger partial charge in [-0.3, -0.25) is 9.71 Å². The molecule has 1 aromatic carbocycles. The third-order valence-electron chi connectivity index (χ3n) is 8.27. The molecule has 1 aromatic heterocycles. The highest BCUT2D eigenvalue weighted by molar-refractivity contribution is 7.92. The number of hydrogen-bond donors (Lipinski definition) is 3. The van der Waals surface area contributed by atoms with Gasteiger partial charge < -0.3 is 26.0 Å². The molecule has 4 heterocycles. The summed E-state index contributed by atoms with van der Waals surface area (Å²) in [6.07, 6.45) is 6.29. The molecule has 2 fully saturated rings. The van der Waals surface area contributed by atoms with E-state index in [4.69, 9.17) is 21.6 Å². The molecule has 5 N–H and O–H groups in total. The van der Waals surface area contributed by atoms with Gasteiger partial charge in [-0.05, 0) is 44.7 Å². The van der Waals surface area contributed by atoms with Gasteiger partial charge in [-0.25, -0.2) is 18.4 Å². The molecule has 2 atom stereocenters. The van der Waals surface area contributed by atoms with Crippen LogP contribution in [0.15, 0.2) is 24.4 Å². The smallest absolute Gasteiger partial charge is 0.232 e. The molecule has 5 rings (SSSR count). The predicted octanol–water partition coefficient (Wildman–Crippen LogP) is 1.57. The van der Waals surface area contributed by atoms with Gasteiger partial charge in [0.15, 0.2) is 11.7 Å². The Morgan fingerprint density at radius 1 is 1.27 bits per heavy atom. The minimum atomic E-state index is -3.41. The molecule has 0 aliphatic carbocycles. The van der Waals surface area contributed by atoms with Crippen molar-refractivity contribution in [2.75, 3.05) is 59.4 Å². The third-order valence-corrected chi connectivity index (χ3v) is 9.46. The maximum absolute atomic E-state index is 12.2. The van der Waals surface area contributed by atoms with Crippen LogP contribution in [0.4, 0.5) is 23.0 Å². The average Bonchev–Trinajstić information content (AvgIpc) is 3.15. The minimum absolute atomic E-state index is 0.0165. The van der Waals surface area contributed by atoms with Gasteiger partial charge in [-0.15, -0.1) is 0 Å². The average molecular weight is 529 g/mol. The number of nitrogens with zero attached hydrogens (tertiary/aromatic N) is 5. The molecule has 2 aromatic rings. The SMILES string of the molecule is CC1OCC2(CCN(c3cnc(C(=N)N4CCCc5c4cccc5N(C)S(C)(=O)=O)c(N)n3)CC2)C1N. The number of sulfonamides is 1. The number of piperidine rings is 1. The quantitative estimate of drug-likeness (QED) is 0.396. The lowest BCUT2D eigenvalue weighted by Gasteiger charge is -2.41. The second-order valence-corrected chi connectivity index (χ2v) is 12.5. The van der Waals surface area contributed by atoms with Gasteiger partial charge in [-0.1, -0.05) is 6.07 Å². The van der Waals surface area contributed by atoms with Crippen molar-refractivity contribution in [2.24, 2.45) is 11.1 Å².